The zero-order chi connectivity index (χ0) is 12.0. The maximum Gasteiger partial charge on any atom is 0.419 e. The van der Waals surface area contributed by atoms with Crippen LogP contribution in [0.2, 0.25) is 0 Å². The first kappa shape index (κ1) is 12.5. The molecule has 0 aliphatic carbocycles. The summed E-state index contributed by atoms with van der Waals surface area (Å²) in [5.41, 5.74) is 0. The number of nitrogens with one attached hydrogen (secondary N) is 2. The van der Waals surface area contributed by atoms with Gasteiger partial charge in [-0.3, -0.25) is 0 Å². The second kappa shape index (κ2) is 5.47. The number of carboxylic acid groups (broad SMARTS) is 1. The SMILES string of the molecule is O=C(O)NS(=O)(=O)NCCCn1ccnc1. The van der Waals surface area contributed by atoms with Crippen LogP contribution in [0.15, 0.2) is 18.7 Å². The highest BCUT2D eigenvalue weighted by Gasteiger charge is 2.11. The van der Waals surface area contributed by atoms with Gasteiger partial charge in [-0.15, -0.1) is 0 Å². The number of carbonyl (C=O) groups is 1. The number of hydrogen-bond acceptors (Lipinski definition) is 4. The molecule has 0 bridgehead atoms. The minimum atomic E-state index is -3.95. The quantitative estimate of drug-likeness (QED) is 0.580. The van der Waals surface area contributed by atoms with Gasteiger partial charge in [0.05, 0.1) is 6.33 Å². The van der Waals surface area contributed by atoms with E-state index in [9.17, 15) is 13.2 Å². The van der Waals surface area contributed by atoms with Crippen molar-refractivity contribution in [2.45, 2.75) is 13.0 Å². The van der Waals surface area contributed by atoms with Crippen molar-refractivity contribution in [3.8, 4) is 0 Å². The van der Waals surface area contributed by atoms with E-state index >= 15 is 0 Å². The molecule has 1 aromatic heterocycles. The van der Waals surface area contributed by atoms with Gasteiger partial charge in [0.15, 0.2) is 0 Å². The summed E-state index contributed by atoms with van der Waals surface area (Å²) in [6, 6.07) is 0. The van der Waals surface area contributed by atoms with Gasteiger partial charge in [0.2, 0.25) is 0 Å². The van der Waals surface area contributed by atoms with E-state index in [0.717, 1.165) is 0 Å². The fourth-order valence-electron chi connectivity index (χ4n) is 1.04. The van der Waals surface area contributed by atoms with Crippen molar-refractivity contribution in [1.29, 1.82) is 0 Å². The minimum absolute atomic E-state index is 0.154. The highest BCUT2D eigenvalue weighted by atomic mass is 32.2. The maximum atomic E-state index is 11.0. The average molecular weight is 248 g/mol. The van der Waals surface area contributed by atoms with Crippen molar-refractivity contribution >= 4 is 16.3 Å². The molecule has 0 unspecified atom stereocenters. The van der Waals surface area contributed by atoms with Gasteiger partial charge in [-0.25, -0.2) is 14.5 Å². The van der Waals surface area contributed by atoms with E-state index < -0.39 is 16.3 Å². The molecule has 0 aliphatic rings. The Kier molecular flexibility index (Phi) is 4.26. The normalized spacial score (nSPS) is 11.2. The van der Waals surface area contributed by atoms with Crippen LogP contribution in [0.4, 0.5) is 4.79 Å². The number of aromatic nitrogens is 2. The summed E-state index contributed by atoms with van der Waals surface area (Å²) in [5, 5.41) is 8.21. The van der Waals surface area contributed by atoms with Crippen LogP contribution >= 0.6 is 0 Å². The van der Waals surface area contributed by atoms with Crippen LogP contribution in [0.1, 0.15) is 6.42 Å². The molecule has 16 heavy (non-hydrogen) atoms. The van der Waals surface area contributed by atoms with Crippen molar-refractivity contribution < 1.29 is 18.3 Å². The molecule has 3 N–H and O–H groups in total. The van der Waals surface area contributed by atoms with Gasteiger partial charge in [0, 0.05) is 25.5 Å². The summed E-state index contributed by atoms with van der Waals surface area (Å²) in [6.45, 7) is 0.760. The van der Waals surface area contributed by atoms with Gasteiger partial charge >= 0.3 is 16.3 Å². The van der Waals surface area contributed by atoms with Crippen LogP contribution in [-0.2, 0) is 16.8 Å². The van der Waals surface area contributed by atoms with E-state index in [0.29, 0.717) is 13.0 Å². The van der Waals surface area contributed by atoms with E-state index in [2.05, 4.69) is 9.71 Å². The molecule has 0 fully saturated rings. The summed E-state index contributed by atoms with van der Waals surface area (Å²) < 4.78 is 27.2. The topological polar surface area (TPSA) is 113 Å². The number of rotatable bonds is 6. The molecule has 0 saturated carbocycles. The van der Waals surface area contributed by atoms with Crippen molar-refractivity contribution in [1.82, 2.24) is 19.0 Å². The van der Waals surface area contributed by atoms with E-state index in [-0.39, 0.29) is 6.54 Å². The lowest BCUT2D eigenvalue weighted by Crippen LogP contribution is -2.40. The Morgan fingerprint density at radius 1 is 1.50 bits per heavy atom. The van der Waals surface area contributed by atoms with Crippen LogP contribution in [0.3, 0.4) is 0 Å². The molecule has 9 heteroatoms. The van der Waals surface area contributed by atoms with Crippen LogP contribution in [0, 0.1) is 0 Å². The monoisotopic (exact) mass is 248 g/mol. The number of nitrogens with zero attached hydrogens (tertiary/aromatic N) is 2. The van der Waals surface area contributed by atoms with Gasteiger partial charge in [-0.1, -0.05) is 0 Å². The molecule has 0 radical (unpaired) electrons. The Balaban J connectivity index is 2.23. The van der Waals surface area contributed by atoms with Gasteiger partial charge < -0.3 is 9.67 Å². The number of imidazole rings is 1. The van der Waals surface area contributed by atoms with E-state index in [1.807, 2.05) is 0 Å². The lowest BCUT2D eigenvalue weighted by atomic mass is 10.4. The molecule has 8 nitrogen and oxygen atoms in total. The van der Waals surface area contributed by atoms with Gasteiger partial charge in [-0.2, -0.15) is 13.1 Å². The maximum absolute atomic E-state index is 11.0. The van der Waals surface area contributed by atoms with Crippen LogP contribution < -0.4 is 9.44 Å². The first-order valence-electron chi connectivity index (χ1n) is 4.46. The lowest BCUT2D eigenvalue weighted by Gasteiger charge is -2.05. The average Bonchev–Trinajstić information content (AvgIpc) is 2.62. The molecule has 1 heterocycles. The van der Waals surface area contributed by atoms with Gasteiger partial charge in [0.25, 0.3) is 0 Å². The molecule has 1 rings (SSSR count). The van der Waals surface area contributed by atoms with Crippen LogP contribution in [0.25, 0.3) is 0 Å². The number of aryl methyl sites for hydroxylation is 1. The zero-order valence-electron chi connectivity index (χ0n) is 8.33. The van der Waals surface area contributed by atoms with Crippen LogP contribution in [0.5, 0.6) is 0 Å². The fraction of sp³-hybridized carbons (Fsp3) is 0.429. The second-order valence-electron chi connectivity index (χ2n) is 2.96. The smallest absolute Gasteiger partial charge is 0.419 e. The van der Waals surface area contributed by atoms with Crippen molar-refractivity contribution in [2.24, 2.45) is 0 Å². The third kappa shape index (κ3) is 4.75. The van der Waals surface area contributed by atoms with Gasteiger partial charge in [0.1, 0.15) is 0 Å². The Hall–Kier alpha value is -1.61. The summed E-state index contributed by atoms with van der Waals surface area (Å²) in [7, 11) is -3.95. The molecule has 0 spiro atoms. The van der Waals surface area contributed by atoms with Crippen LogP contribution in [-0.4, -0.2) is 35.7 Å². The molecule has 0 aromatic carbocycles. The lowest BCUT2D eigenvalue weighted by molar-refractivity contribution is 0.201. The van der Waals surface area contributed by atoms with Crippen molar-refractivity contribution in [3.63, 3.8) is 0 Å². The first-order chi connectivity index (χ1) is 7.49. The summed E-state index contributed by atoms with van der Waals surface area (Å²) in [4.78, 5) is 13.9. The zero-order valence-corrected chi connectivity index (χ0v) is 9.14. The summed E-state index contributed by atoms with van der Waals surface area (Å²) in [6.07, 6.45) is 3.92. The highest BCUT2D eigenvalue weighted by Crippen LogP contribution is 1.89. The Morgan fingerprint density at radius 2 is 2.25 bits per heavy atom. The molecule has 1 amide bonds. The van der Waals surface area contributed by atoms with Crippen molar-refractivity contribution in [2.75, 3.05) is 6.54 Å². The Bertz CT molecular complexity index is 427. The molecular formula is C7H12N4O4S. The second-order valence-corrected chi connectivity index (χ2v) is 4.46. The molecule has 1 aromatic rings. The van der Waals surface area contributed by atoms with E-state index in [1.54, 1.807) is 23.3 Å². The van der Waals surface area contributed by atoms with Gasteiger partial charge in [-0.05, 0) is 6.42 Å². The third-order valence-corrected chi connectivity index (χ3v) is 2.69. The largest absolute Gasteiger partial charge is 0.464 e. The number of amides is 1. The fourth-order valence-corrected chi connectivity index (χ4v) is 1.75. The predicted molar refractivity (Wildman–Crippen MR) is 54.9 cm³/mol. The molecule has 0 saturated heterocycles. The summed E-state index contributed by atoms with van der Waals surface area (Å²) >= 11 is 0. The Labute approximate surface area is 92.5 Å². The standard InChI is InChI=1S/C7H12N4O4S/c12-7(13)10-16(14,15)9-2-1-4-11-5-3-8-6-11/h3,5-6,9-10H,1-2,4H2,(H,12,13). The highest BCUT2D eigenvalue weighted by molar-refractivity contribution is 7.88. The molecule has 0 atom stereocenters. The predicted octanol–water partition coefficient (Wildman–Crippen LogP) is -0.625. The first-order valence-corrected chi connectivity index (χ1v) is 5.94. The third-order valence-electron chi connectivity index (χ3n) is 1.67. The summed E-state index contributed by atoms with van der Waals surface area (Å²) in [5.74, 6) is 0. The number of hydrogen-bond donors (Lipinski definition) is 3. The molecule has 90 valence electrons. The van der Waals surface area contributed by atoms with Crippen molar-refractivity contribution in [3.05, 3.63) is 18.7 Å². The molecule has 0 aliphatic heterocycles. The minimum Gasteiger partial charge on any atom is -0.464 e. The molecular weight excluding hydrogens is 236 g/mol. The Morgan fingerprint density at radius 3 is 2.81 bits per heavy atom. The van der Waals surface area contributed by atoms with E-state index in [4.69, 9.17) is 5.11 Å². The van der Waals surface area contributed by atoms with E-state index in [1.165, 1.54) is 4.72 Å².